The normalized spacial score (nSPS) is 24.7. The third kappa shape index (κ3) is 3.64. The standard InChI is InChI=1S/C16H17ClFN3O4S2/c17-10-7-13(27(22,23)21-15-19-3-6-26-15)11(18)8-12(10)20-9-16-1-4-24-14(16)25-5-2-16/h3,6-8,14,20H,1-2,4-5,9H2,(H,19,21). The number of thiazole rings is 1. The van der Waals surface area contributed by atoms with Gasteiger partial charge in [-0.3, -0.25) is 4.72 Å². The van der Waals surface area contributed by atoms with Crippen molar-refractivity contribution in [2.45, 2.75) is 24.0 Å². The monoisotopic (exact) mass is 433 g/mol. The molecule has 2 saturated heterocycles. The van der Waals surface area contributed by atoms with E-state index in [1.165, 1.54) is 6.20 Å². The van der Waals surface area contributed by atoms with Crippen LogP contribution in [-0.4, -0.2) is 39.5 Å². The third-order valence-electron chi connectivity index (χ3n) is 4.83. The van der Waals surface area contributed by atoms with Gasteiger partial charge < -0.3 is 14.8 Å². The summed E-state index contributed by atoms with van der Waals surface area (Å²) in [6.45, 7) is 1.74. The molecule has 2 fully saturated rings. The van der Waals surface area contributed by atoms with Gasteiger partial charge in [0.15, 0.2) is 11.4 Å². The lowest BCUT2D eigenvalue weighted by Gasteiger charge is -2.26. The highest BCUT2D eigenvalue weighted by Crippen LogP contribution is 2.44. The fourth-order valence-corrected chi connectivity index (χ4v) is 5.52. The Kier molecular flexibility index (Phi) is 5.02. The molecule has 146 valence electrons. The van der Waals surface area contributed by atoms with Gasteiger partial charge in [0.05, 0.1) is 23.9 Å². The lowest BCUT2D eigenvalue weighted by atomic mass is 9.84. The summed E-state index contributed by atoms with van der Waals surface area (Å²) >= 11 is 7.31. The second-order valence-electron chi connectivity index (χ2n) is 6.49. The molecule has 0 amide bonds. The summed E-state index contributed by atoms with van der Waals surface area (Å²) in [5.41, 5.74) is 0.158. The van der Waals surface area contributed by atoms with Gasteiger partial charge in [-0.2, -0.15) is 0 Å². The van der Waals surface area contributed by atoms with Crippen LogP contribution in [0.5, 0.6) is 0 Å². The summed E-state index contributed by atoms with van der Waals surface area (Å²) in [4.78, 5) is 3.31. The predicted molar refractivity (Wildman–Crippen MR) is 100 cm³/mol. The second kappa shape index (κ2) is 7.17. The van der Waals surface area contributed by atoms with Gasteiger partial charge in [0, 0.05) is 23.5 Å². The van der Waals surface area contributed by atoms with Crippen molar-refractivity contribution >= 4 is 43.8 Å². The first kappa shape index (κ1) is 18.9. The van der Waals surface area contributed by atoms with Crippen LogP contribution in [0, 0.1) is 11.2 Å². The molecule has 0 bridgehead atoms. The molecule has 27 heavy (non-hydrogen) atoms. The maximum atomic E-state index is 14.5. The van der Waals surface area contributed by atoms with E-state index in [0.29, 0.717) is 25.4 Å². The van der Waals surface area contributed by atoms with E-state index in [-0.39, 0.29) is 21.9 Å². The van der Waals surface area contributed by atoms with Crippen LogP contribution in [0.4, 0.5) is 15.2 Å². The van der Waals surface area contributed by atoms with Gasteiger partial charge in [-0.25, -0.2) is 17.8 Å². The molecule has 2 aliphatic heterocycles. The van der Waals surface area contributed by atoms with E-state index in [9.17, 15) is 12.8 Å². The van der Waals surface area contributed by atoms with Crippen LogP contribution in [0.3, 0.4) is 0 Å². The number of hydrogen-bond acceptors (Lipinski definition) is 7. The number of sulfonamides is 1. The highest BCUT2D eigenvalue weighted by atomic mass is 35.5. The Hall–Kier alpha value is -1.46. The number of aromatic nitrogens is 1. The van der Waals surface area contributed by atoms with Crippen molar-refractivity contribution in [1.29, 1.82) is 0 Å². The van der Waals surface area contributed by atoms with Crippen molar-refractivity contribution in [3.05, 3.63) is 34.5 Å². The maximum absolute atomic E-state index is 14.5. The third-order valence-corrected chi connectivity index (χ3v) is 7.32. The summed E-state index contributed by atoms with van der Waals surface area (Å²) in [6.07, 6.45) is 2.87. The van der Waals surface area contributed by atoms with Gasteiger partial charge in [0.2, 0.25) is 0 Å². The number of fused-ring (bicyclic) bond motifs is 1. The fraction of sp³-hybridized carbons (Fsp3) is 0.438. The lowest BCUT2D eigenvalue weighted by molar-refractivity contribution is -0.108. The molecule has 0 unspecified atom stereocenters. The largest absolute Gasteiger partial charge is 0.383 e. The zero-order valence-electron chi connectivity index (χ0n) is 14.1. The van der Waals surface area contributed by atoms with E-state index in [2.05, 4.69) is 15.0 Å². The zero-order valence-corrected chi connectivity index (χ0v) is 16.5. The van der Waals surface area contributed by atoms with Crippen molar-refractivity contribution in [1.82, 2.24) is 4.98 Å². The van der Waals surface area contributed by atoms with E-state index in [4.69, 9.17) is 21.1 Å². The molecule has 11 heteroatoms. The minimum Gasteiger partial charge on any atom is -0.383 e. The molecule has 2 N–H and O–H groups in total. The maximum Gasteiger partial charge on any atom is 0.266 e. The Labute approximate surface area is 164 Å². The Balaban J connectivity index is 1.53. The number of benzene rings is 1. The summed E-state index contributed by atoms with van der Waals surface area (Å²) < 4.78 is 52.7. The van der Waals surface area contributed by atoms with Crippen LogP contribution in [0.1, 0.15) is 12.8 Å². The van der Waals surface area contributed by atoms with Crippen molar-refractivity contribution < 1.29 is 22.3 Å². The molecule has 0 radical (unpaired) electrons. The quantitative estimate of drug-likeness (QED) is 0.726. The minimum atomic E-state index is -4.13. The van der Waals surface area contributed by atoms with Crippen molar-refractivity contribution in [3.63, 3.8) is 0 Å². The Morgan fingerprint density at radius 1 is 1.33 bits per heavy atom. The summed E-state index contributed by atoms with van der Waals surface area (Å²) in [7, 11) is -4.13. The van der Waals surface area contributed by atoms with E-state index in [0.717, 1.165) is 36.3 Å². The Morgan fingerprint density at radius 2 is 2.07 bits per heavy atom. The molecule has 0 spiro atoms. The van der Waals surface area contributed by atoms with Crippen molar-refractivity contribution in [2.24, 2.45) is 5.41 Å². The number of halogens is 2. The summed E-state index contributed by atoms with van der Waals surface area (Å²) in [5, 5.41) is 5.00. The average molecular weight is 434 g/mol. The molecular weight excluding hydrogens is 417 g/mol. The minimum absolute atomic E-state index is 0.113. The second-order valence-corrected chi connectivity index (χ2v) is 9.45. The van der Waals surface area contributed by atoms with Crippen molar-refractivity contribution in [2.75, 3.05) is 29.8 Å². The van der Waals surface area contributed by atoms with Gasteiger partial charge >= 0.3 is 0 Å². The Bertz CT molecular complexity index is 929. The molecule has 1 aromatic carbocycles. The summed E-state index contributed by atoms with van der Waals surface area (Å²) in [5.74, 6) is -0.898. The van der Waals surface area contributed by atoms with Gasteiger partial charge in [-0.05, 0) is 25.0 Å². The topological polar surface area (TPSA) is 89.6 Å². The first-order chi connectivity index (χ1) is 12.9. The number of nitrogens with zero attached hydrogens (tertiary/aromatic N) is 1. The average Bonchev–Trinajstić information content (AvgIpc) is 3.31. The van der Waals surface area contributed by atoms with Gasteiger partial charge in [-0.1, -0.05) is 11.6 Å². The summed E-state index contributed by atoms with van der Waals surface area (Å²) in [6, 6.07) is 2.19. The van der Waals surface area contributed by atoms with E-state index >= 15 is 0 Å². The molecule has 7 nitrogen and oxygen atoms in total. The van der Waals surface area contributed by atoms with E-state index in [1.807, 2.05) is 0 Å². The molecule has 4 rings (SSSR count). The smallest absolute Gasteiger partial charge is 0.266 e. The van der Waals surface area contributed by atoms with Crippen LogP contribution < -0.4 is 10.0 Å². The molecule has 0 aliphatic carbocycles. The highest BCUT2D eigenvalue weighted by molar-refractivity contribution is 7.93. The highest BCUT2D eigenvalue weighted by Gasteiger charge is 2.48. The first-order valence-electron chi connectivity index (χ1n) is 8.28. The van der Waals surface area contributed by atoms with Crippen LogP contribution in [-0.2, 0) is 19.5 Å². The number of anilines is 2. The van der Waals surface area contributed by atoms with Crippen LogP contribution in [0.15, 0.2) is 28.6 Å². The first-order valence-corrected chi connectivity index (χ1v) is 11.0. The van der Waals surface area contributed by atoms with E-state index in [1.54, 1.807) is 5.38 Å². The van der Waals surface area contributed by atoms with Crippen LogP contribution in [0.25, 0.3) is 0 Å². The number of hydrogen-bond donors (Lipinski definition) is 2. The van der Waals surface area contributed by atoms with Gasteiger partial charge in [0.1, 0.15) is 10.7 Å². The SMILES string of the molecule is O=S(=O)(Nc1nccs1)c1cc(Cl)c(NCC23CCOC2OCC3)cc1F. The zero-order chi connectivity index (χ0) is 19.1. The molecular formula is C16H17ClFN3O4S2. The molecule has 2 aliphatic rings. The fourth-order valence-electron chi connectivity index (χ4n) is 3.35. The molecule has 0 atom stereocenters. The van der Waals surface area contributed by atoms with Crippen LogP contribution >= 0.6 is 22.9 Å². The molecule has 1 aromatic heterocycles. The lowest BCUT2D eigenvalue weighted by Crippen LogP contribution is -2.33. The van der Waals surface area contributed by atoms with E-state index < -0.39 is 20.7 Å². The number of nitrogens with one attached hydrogen (secondary N) is 2. The van der Waals surface area contributed by atoms with Gasteiger partial charge in [-0.15, -0.1) is 11.3 Å². The molecule has 0 saturated carbocycles. The molecule has 3 heterocycles. The predicted octanol–water partition coefficient (Wildman–Crippen LogP) is 3.30. The van der Waals surface area contributed by atoms with Gasteiger partial charge in [0.25, 0.3) is 10.0 Å². The Morgan fingerprint density at radius 3 is 2.74 bits per heavy atom. The number of rotatable bonds is 6. The van der Waals surface area contributed by atoms with Crippen LogP contribution in [0.2, 0.25) is 5.02 Å². The van der Waals surface area contributed by atoms with Crippen molar-refractivity contribution in [3.8, 4) is 0 Å². The number of ether oxygens (including phenoxy) is 2. The molecule has 2 aromatic rings.